The highest BCUT2D eigenvalue weighted by molar-refractivity contribution is 7.80. The number of aryl methyl sites for hydroxylation is 2. The third kappa shape index (κ3) is 2.32. The van der Waals surface area contributed by atoms with Crippen LogP contribution in [0.15, 0.2) is 18.2 Å². The molecule has 1 aliphatic rings. The summed E-state index contributed by atoms with van der Waals surface area (Å²) in [7, 11) is 1.86. The van der Waals surface area contributed by atoms with Crippen molar-refractivity contribution in [2.75, 3.05) is 7.05 Å². The summed E-state index contributed by atoms with van der Waals surface area (Å²) in [6.07, 6.45) is 3.27. The molecule has 0 amide bonds. The van der Waals surface area contributed by atoms with Gasteiger partial charge in [0.25, 0.3) is 0 Å². The van der Waals surface area contributed by atoms with Gasteiger partial charge in [-0.1, -0.05) is 11.6 Å². The van der Waals surface area contributed by atoms with E-state index in [2.05, 4.69) is 40.7 Å². The average Bonchev–Trinajstić information content (AvgIpc) is 2.75. The predicted octanol–water partition coefficient (Wildman–Crippen LogP) is 2.43. The molecule has 1 atom stereocenters. The molecule has 3 nitrogen and oxygen atoms in total. The van der Waals surface area contributed by atoms with Crippen molar-refractivity contribution in [3.05, 3.63) is 35.0 Å². The van der Waals surface area contributed by atoms with Crippen LogP contribution in [0.4, 0.5) is 0 Å². The number of aromatic amines is 1. The highest BCUT2D eigenvalue weighted by Crippen LogP contribution is 2.29. The summed E-state index contributed by atoms with van der Waals surface area (Å²) in [5, 5.41) is 8.48. The molecule has 3 N–H and O–H groups in total. The molecular weight excluding hydrogens is 254 g/mol. The molecule has 0 saturated carbocycles. The van der Waals surface area contributed by atoms with E-state index < -0.39 is 0 Å². The third-order valence-corrected chi connectivity index (χ3v) is 4.23. The first-order valence-electron chi connectivity index (χ1n) is 6.75. The summed E-state index contributed by atoms with van der Waals surface area (Å²) in [6.45, 7) is 2.15. The van der Waals surface area contributed by atoms with Crippen molar-refractivity contribution in [3.63, 3.8) is 0 Å². The van der Waals surface area contributed by atoms with Gasteiger partial charge >= 0.3 is 0 Å². The molecule has 0 aliphatic heterocycles. The molecule has 0 spiro atoms. The average molecular weight is 273 g/mol. The summed E-state index contributed by atoms with van der Waals surface area (Å²) in [4.78, 5) is 3.56. The number of aromatic nitrogens is 1. The number of nitrogens with one attached hydrogen (secondary N) is 3. The number of hydrogen-bond donors (Lipinski definition) is 3. The van der Waals surface area contributed by atoms with E-state index in [0.717, 1.165) is 24.4 Å². The monoisotopic (exact) mass is 273 g/mol. The standard InChI is InChI=1S/C15H19N3S/c1-9-3-6-13-12(7-9)11-5-4-10(8-14(11)18-13)17-15(19)16-2/h3,6-7,10,18H,4-5,8H2,1-2H3,(H2,16,17,19). The quantitative estimate of drug-likeness (QED) is 0.699. The minimum absolute atomic E-state index is 0.432. The zero-order chi connectivity index (χ0) is 13.4. The second-order valence-corrected chi connectivity index (χ2v) is 5.70. The molecule has 3 rings (SSSR count). The van der Waals surface area contributed by atoms with E-state index in [9.17, 15) is 0 Å². The van der Waals surface area contributed by atoms with Crippen LogP contribution >= 0.6 is 12.2 Å². The van der Waals surface area contributed by atoms with Crippen molar-refractivity contribution < 1.29 is 0 Å². The van der Waals surface area contributed by atoms with E-state index in [1.807, 2.05) is 7.05 Å². The fourth-order valence-corrected chi connectivity index (χ4v) is 3.09. The predicted molar refractivity (Wildman–Crippen MR) is 83.6 cm³/mol. The van der Waals surface area contributed by atoms with Gasteiger partial charge in [0, 0.05) is 36.1 Å². The summed E-state index contributed by atoms with van der Waals surface area (Å²) in [6, 6.07) is 7.07. The number of rotatable bonds is 1. The molecule has 1 aromatic carbocycles. The van der Waals surface area contributed by atoms with E-state index in [1.54, 1.807) is 0 Å². The number of H-pyrrole nitrogens is 1. The van der Waals surface area contributed by atoms with Gasteiger partial charge in [0.2, 0.25) is 0 Å². The van der Waals surface area contributed by atoms with Crippen LogP contribution in [0.5, 0.6) is 0 Å². The maximum atomic E-state index is 5.18. The number of hydrogen-bond acceptors (Lipinski definition) is 1. The largest absolute Gasteiger partial charge is 0.366 e. The zero-order valence-electron chi connectivity index (χ0n) is 11.3. The molecule has 1 heterocycles. The molecule has 4 heteroatoms. The van der Waals surface area contributed by atoms with Crippen molar-refractivity contribution in [3.8, 4) is 0 Å². The van der Waals surface area contributed by atoms with E-state index in [0.29, 0.717) is 6.04 Å². The number of benzene rings is 1. The Hall–Kier alpha value is -1.55. The van der Waals surface area contributed by atoms with Crippen molar-refractivity contribution in [1.82, 2.24) is 15.6 Å². The van der Waals surface area contributed by atoms with Gasteiger partial charge in [-0.15, -0.1) is 0 Å². The Morgan fingerprint density at radius 2 is 2.26 bits per heavy atom. The second-order valence-electron chi connectivity index (χ2n) is 5.29. The molecule has 1 aromatic heterocycles. The van der Waals surface area contributed by atoms with Crippen LogP contribution in [-0.4, -0.2) is 23.2 Å². The van der Waals surface area contributed by atoms with Crippen LogP contribution in [0.25, 0.3) is 10.9 Å². The van der Waals surface area contributed by atoms with E-state index in [1.165, 1.54) is 27.7 Å². The summed E-state index contributed by atoms with van der Waals surface area (Å²) < 4.78 is 0. The van der Waals surface area contributed by atoms with Crippen molar-refractivity contribution in [2.24, 2.45) is 0 Å². The van der Waals surface area contributed by atoms with Gasteiger partial charge in [0.05, 0.1) is 0 Å². The topological polar surface area (TPSA) is 39.8 Å². The first-order valence-corrected chi connectivity index (χ1v) is 7.16. The molecular formula is C15H19N3S. The van der Waals surface area contributed by atoms with Crippen molar-refractivity contribution in [1.29, 1.82) is 0 Å². The smallest absolute Gasteiger partial charge is 0.166 e. The summed E-state index contributed by atoms with van der Waals surface area (Å²) >= 11 is 5.18. The Bertz CT molecular complexity index is 630. The Morgan fingerprint density at radius 1 is 1.42 bits per heavy atom. The first kappa shape index (κ1) is 12.5. The van der Waals surface area contributed by atoms with Crippen molar-refractivity contribution >= 4 is 28.2 Å². The van der Waals surface area contributed by atoms with E-state index >= 15 is 0 Å². The second kappa shape index (κ2) is 4.85. The highest BCUT2D eigenvalue weighted by Gasteiger charge is 2.22. The fraction of sp³-hybridized carbons (Fsp3) is 0.400. The lowest BCUT2D eigenvalue weighted by Gasteiger charge is -2.24. The van der Waals surface area contributed by atoms with Crippen LogP contribution in [0.3, 0.4) is 0 Å². The third-order valence-electron chi connectivity index (χ3n) is 3.91. The Labute approximate surface area is 118 Å². The molecule has 0 radical (unpaired) electrons. The first-order chi connectivity index (χ1) is 9.17. The summed E-state index contributed by atoms with van der Waals surface area (Å²) in [5.41, 5.74) is 5.44. The lowest BCUT2D eigenvalue weighted by molar-refractivity contribution is 0.523. The van der Waals surface area contributed by atoms with E-state index in [4.69, 9.17) is 12.2 Å². The number of fused-ring (bicyclic) bond motifs is 3. The van der Waals surface area contributed by atoms with Gasteiger partial charge in [0.1, 0.15) is 0 Å². The molecule has 0 bridgehead atoms. The molecule has 1 aliphatic carbocycles. The minimum atomic E-state index is 0.432. The maximum Gasteiger partial charge on any atom is 0.166 e. The molecule has 1 unspecified atom stereocenters. The Kier molecular flexibility index (Phi) is 3.19. The van der Waals surface area contributed by atoms with Crippen LogP contribution in [0.2, 0.25) is 0 Å². The SMILES string of the molecule is CNC(=S)NC1CCc2c([nH]c3ccc(C)cc23)C1. The summed E-state index contributed by atoms with van der Waals surface area (Å²) in [5.74, 6) is 0. The zero-order valence-corrected chi connectivity index (χ0v) is 12.2. The van der Waals surface area contributed by atoms with Crippen LogP contribution in [-0.2, 0) is 12.8 Å². The Balaban J connectivity index is 1.89. The van der Waals surface area contributed by atoms with E-state index in [-0.39, 0.29) is 0 Å². The minimum Gasteiger partial charge on any atom is -0.366 e. The van der Waals surface area contributed by atoms with Gasteiger partial charge in [0.15, 0.2) is 5.11 Å². The van der Waals surface area contributed by atoms with Gasteiger partial charge in [-0.2, -0.15) is 0 Å². The van der Waals surface area contributed by atoms with Gasteiger partial charge < -0.3 is 15.6 Å². The molecule has 0 saturated heterocycles. The highest BCUT2D eigenvalue weighted by atomic mass is 32.1. The van der Waals surface area contributed by atoms with Crippen LogP contribution in [0.1, 0.15) is 23.2 Å². The number of thiocarbonyl (C=S) groups is 1. The molecule has 100 valence electrons. The van der Waals surface area contributed by atoms with Crippen molar-refractivity contribution in [2.45, 2.75) is 32.2 Å². The van der Waals surface area contributed by atoms with Gasteiger partial charge in [-0.3, -0.25) is 0 Å². The van der Waals surface area contributed by atoms with Gasteiger partial charge in [-0.25, -0.2) is 0 Å². The lowest BCUT2D eigenvalue weighted by atomic mass is 9.91. The normalized spacial score (nSPS) is 18.1. The fourth-order valence-electron chi connectivity index (χ4n) is 2.92. The van der Waals surface area contributed by atoms with Crippen LogP contribution < -0.4 is 10.6 Å². The molecule has 2 aromatic rings. The van der Waals surface area contributed by atoms with Crippen LogP contribution in [0, 0.1) is 6.92 Å². The lowest BCUT2D eigenvalue weighted by Crippen LogP contribution is -2.43. The van der Waals surface area contributed by atoms with Gasteiger partial charge in [-0.05, 0) is 49.7 Å². The maximum absolute atomic E-state index is 5.18. The Morgan fingerprint density at radius 3 is 3.05 bits per heavy atom. The molecule has 19 heavy (non-hydrogen) atoms. The molecule has 0 fully saturated rings.